The Morgan fingerprint density at radius 2 is 1.50 bits per heavy atom. The summed E-state index contributed by atoms with van der Waals surface area (Å²) in [5.74, 6) is 2.59. The molecule has 1 saturated carbocycles. The average Bonchev–Trinajstić information content (AvgIpc) is 3.31. The molecule has 5 aromatic rings. The van der Waals surface area contributed by atoms with Crippen LogP contribution in [0.3, 0.4) is 0 Å². The van der Waals surface area contributed by atoms with Crippen molar-refractivity contribution < 1.29 is 4.74 Å². The molecule has 1 aliphatic rings. The van der Waals surface area contributed by atoms with E-state index in [-0.39, 0.29) is 0 Å². The van der Waals surface area contributed by atoms with Crippen LogP contribution in [0.15, 0.2) is 85.1 Å². The van der Waals surface area contributed by atoms with Crippen LogP contribution in [0.4, 0.5) is 0 Å². The van der Waals surface area contributed by atoms with Crippen molar-refractivity contribution in [1.82, 2.24) is 14.5 Å². The van der Waals surface area contributed by atoms with Gasteiger partial charge in [-0.2, -0.15) is 0 Å². The third-order valence-electron chi connectivity index (χ3n) is 7.76. The van der Waals surface area contributed by atoms with Gasteiger partial charge in [0.05, 0.1) is 16.7 Å². The number of pyridine rings is 1. The topological polar surface area (TPSA) is 39.9 Å². The molecule has 1 fully saturated rings. The molecule has 0 radical (unpaired) electrons. The van der Waals surface area contributed by atoms with Crippen molar-refractivity contribution >= 4 is 11.0 Å². The maximum Gasteiger partial charge on any atom is 0.130 e. The van der Waals surface area contributed by atoms with Crippen LogP contribution in [0.1, 0.15) is 66.2 Å². The lowest BCUT2D eigenvalue weighted by Crippen LogP contribution is -2.13. The molecular formula is C34H35N3O. The van der Waals surface area contributed by atoms with Crippen molar-refractivity contribution in [3.05, 3.63) is 113 Å². The number of fused-ring (bicyclic) bond motifs is 1. The molecule has 192 valence electrons. The van der Waals surface area contributed by atoms with E-state index in [1.54, 1.807) is 0 Å². The maximum atomic E-state index is 6.17. The third-order valence-corrected chi connectivity index (χ3v) is 7.76. The Hall–Kier alpha value is -3.92. The second kappa shape index (κ2) is 10.8. The van der Waals surface area contributed by atoms with Gasteiger partial charge in [0.2, 0.25) is 0 Å². The van der Waals surface area contributed by atoms with Gasteiger partial charge in [-0.05, 0) is 67.1 Å². The van der Waals surface area contributed by atoms with Gasteiger partial charge in [0.15, 0.2) is 0 Å². The zero-order valence-electron chi connectivity index (χ0n) is 22.4. The highest BCUT2D eigenvalue weighted by Crippen LogP contribution is 2.35. The molecule has 3 aromatic carbocycles. The molecule has 0 bridgehead atoms. The lowest BCUT2D eigenvalue weighted by Gasteiger charge is -2.22. The standard InChI is InChI=1S/C34H35N3O/c1-24-8-13-27(14-9-24)28-15-11-26(12-16-28)22-37-33-20-31(38-23-30-17-10-25(2)21-35-30)18-19-32(33)36-34(37)29-6-4-3-5-7-29/h8-21,29H,3-7,22-23H2,1-2H3. The van der Waals surface area contributed by atoms with Crippen molar-refractivity contribution in [3.8, 4) is 16.9 Å². The molecule has 0 saturated heterocycles. The quantitative estimate of drug-likeness (QED) is 0.225. The van der Waals surface area contributed by atoms with Crippen LogP contribution in [-0.4, -0.2) is 14.5 Å². The minimum Gasteiger partial charge on any atom is -0.487 e. The Labute approximate surface area is 225 Å². The summed E-state index contributed by atoms with van der Waals surface area (Å²) in [4.78, 5) is 9.66. The number of ether oxygens (including phenoxy) is 1. The molecule has 1 aliphatic carbocycles. The fourth-order valence-electron chi connectivity index (χ4n) is 5.52. The molecule has 0 unspecified atom stereocenters. The molecular weight excluding hydrogens is 466 g/mol. The summed E-state index contributed by atoms with van der Waals surface area (Å²) in [6, 6.07) is 28.1. The molecule has 0 spiro atoms. The predicted molar refractivity (Wildman–Crippen MR) is 155 cm³/mol. The first-order chi connectivity index (χ1) is 18.6. The smallest absolute Gasteiger partial charge is 0.130 e. The maximum absolute atomic E-state index is 6.17. The number of aryl methyl sites for hydroxylation is 2. The van der Waals surface area contributed by atoms with Gasteiger partial charge >= 0.3 is 0 Å². The van der Waals surface area contributed by atoms with Gasteiger partial charge in [-0.15, -0.1) is 0 Å². The van der Waals surface area contributed by atoms with Crippen molar-refractivity contribution in [2.45, 2.75) is 65.0 Å². The van der Waals surface area contributed by atoms with E-state index in [1.807, 2.05) is 25.3 Å². The number of hydrogen-bond donors (Lipinski definition) is 0. The Morgan fingerprint density at radius 3 is 2.21 bits per heavy atom. The first kappa shape index (κ1) is 24.4. The van der Waals surface area contributed by atoms with E-state index in [0.29, 0.717) is 12.5 Å². The van der Waals surface area contributed by atoms with E-state index in [0.717, 1.165) is 34.6 Å². The minimum absolute atomic E-state index is 0.454. The van der Waals surface area contributed by atoms with Gasteiger partial charge in [-0.25, -0.2) is 4.98 Å². The van der Waals surface area contributed by atoms with Crippen LogP contribution in [-0.2, 0) is 13.2 Å². The number of benzene rings is 3. The van der Waals surface area contributed by atoms with E-state index >= 15 is 0 Å². The molecule has 0 aliphatic heterocycles. The van der Waals surface area contributed by atoms with Crippen LogP contribution in [0.2, 0.25) is 0 Å². The van der Waals surface area contributed by atoms with Crippen LogP contribution < -0.4 is 4.74 Å². The fourth-order valence-corrected chi connectivity index (χ4v) is 5.52. The lowest BCUT2D eigenvalue weighted by molar-refractivity contribution is 0.301. The van der Waals surface area contributed by atoms with Crippen molar-refractivity contribution in [2.24, 2.45) is 0 Å². The summed E-state index contributed by atoms with van der Waals surface area (Å²) in [6.45, 7) is 5.43. The van der Waals surface area contributed by atoms with Crippen LogP contribution in [0.5, 0.6) is 5.75 Å². The number of nitrogens with zero attached hydrogens (tertiary/aromatic N) is 3. The fraction of sp³-hybridized carbons (Fsp3) is 0.294. The first-order valence-corrected chi connectivity index (χ1v) is 13.8. The number of hydrogen-bond acceptors (Lipinski definition) is 3. The second-order valence-corrected chi connectivity index (χ2v) is 10.7. The number of aromatic nitrogens is 3. The Balaban J connectivity index is 1.30. The summed E-state index contributed by atoms with van der Waals surface area (Å²) in [7, 11) is 0. The van der Waals surface area contributed by atoms with Crippen LogP contribution in [0.25, 0.3) is 22.2 Å². The van der Waals surface area contributed by atoms with Gasteiger partial charge < -0.3 is 9.30 Å². The highest BCUT2D eigenvalue weighted by atomic mass is 16.5. The molecule has 2 aromatic heterocycles. The van der Waals surface area contributed by atoms with Crippen LogP contribution in [0, 0.1) is 13.8 Å². The molecule has 6 rings (SSSR count). The summed E-state index contributed by atoms with van der Waals surface area (Å²) >= 11 is 0. The Bertz CT molecular complexity index is 1510. The molecule has 0 N–H and O–H groups in total. The number of rotatable bonds is 7. The average molecular weight is 502 g/mol. The Morgan fingerprint density at radius 1 is 0.789 bits per heavy atom. The molecule has 4 nitrogen and oxygen atoms in total. The summed E-state index contributed by atoms with van der Waals surface area (Å²) in [5, 5.41) is 0. The van der Waals surface area contributed by atoms with Crippen LogP contribution >= 0.6 is 0 Å². The van der Waals surface area contributed by atoms with E-state index in [1.165, 1.54) is 60.2 Å². The molecule has 2 heterocycles. The summed E-state index contributed by atoms with van der Waals surface area (Å²) in [5.41, 5.74) is 9.34. The van der Waals surface area contributed by atoms with Gasteiger partial charge in [0.25, 0.3) is 0 Å². The second-order valence-electron chi connectivity index (χ2n) is 10.7. The van der Waals surface area contributed by atoms with E-state index in [9.17, 15) is 0 Å². The SMILES string of the molecule is Cc1ccc(-c2ccc(Cn3c(C4CCCCC4)nc4ccc(OCc5ccc(C)cn5)cc43)cc2)cc1. The monoisotopic (exact) mass is 501 g/mol. The van der Waals surface area contributed by atoms with E-state index < -0.39 is 0 Å². The molecule has 38 heavy (non-hydrogen) atoms. The zero-order valence-corrected chi connectivity index (χ0v) is 22.4. The lowest BCUT2D eigenvalue weighted by atomic mass is 9.88. The van der Waals surface area contributed by atoms with Crippen molar-refractivity contribution in [2.75, 3.05) is 0 Å². The third kappa shape index (κ3) is 5.35. The highest BCUT2D eigenvalue weighted by molar-refractivity contribution is 5.78. The van der Waals surface area contributed by atoms with E-state index in [2.05, 4.69) is 83.2 Å². The zero-order chi connectivity index (χ0) is 25.9. The molecule has 0 atom stereocenters. The predicted octanol–water partition coefficient (Wildman–Crippen LogP) is 8.39. The summed E-state index contributed by atoms with van der Waals surface area (Å²) in [6.07, 6.45) is 8.24. The largest absolute Gasteiger partial charge is 0.487 e. The van der Waals surface area contributed by atoms with Crippen molar-refractivity contribution in [1.29, 1.82) is 0 Å². The molecule has 0 amide bonds. The first-order valence-electron chi connectivity index (χ1n) is 13.8. The van der Waals surface area contributed by atoms with Gasteiger partial charge in [0.1, 0.15) is 18.2 Å². The summed E-state index contributed by atoms with van der Waals surface area (Å²) < 4.78 is 8.60. The van der Waals surface area contributed by atoms with Gasteiger partial charge in [-0.3, -0.25) is 4.98 Å². The minimum atomic E-state index is 0.454. The van der Waals surface area contributed by atoms with E-state index in [4.69, 9.17) is 9.72 Å². The highest BCUT2D eigenvalue weighted by Gasteiger charge is 2.23. The van der Waals surface area contributed by atoms with Gasteiger partial charge in [-0.1, -0.05) is 79.4 Å². The van der Waals surface area contributed by atoms with Gasteiger partial charge in [0, 0.05) is 24.7 Å². The normalized spacial score (nSPS) is 14.2. The molecule has 4 heteroatoms. The van der Waals surface area contributed by atoms with Crippen molar-refractivity contribution in [3.63, 3.8) is 0 Å². The number of imidazole rings is 1. The Kier molecular flexibility index (Phi) is 6.96.